The molecule has 0 atom stereocenters. The van der Waals surface area contributed by atoms with Gasteiger partial charge in [-0.15, -0.1) is 11.3 Å². The highest BCUT2D eigenvalue weighted by Crippen LogP contribution is 2.34. The Morgan fingerprint density at radius 3 is 2.74 bits per heavy atom. The molecular weight excluding hydrogens is 360 g/mol. The third kappa shape index (κ3) is 3.31. The summed E-state index contributed by atoms with van der Waals surface area (Å²) in [7, 11) is 0. The number of nitrogens with zero attached hydrogens (tertiary/aromatic N) is 3. The number of pyridine rings is 1. The lowest BCUT2D eigenvalue weighted by atomic mass is 10.2. The molecule has 27 heavy (non-hydrogen) atoms. The van der Waals surface area contributed by atoms with Crippen LogP contribution in [0.5, 0.6) is 0 Å². The van der Waals surface area contributed by atoms with Crippen molar-refractivity contribution in [3.63, 3.8) is 0 Å². The van der Waals surface area contributed by atoms with E-state index in [0.717, 1.165) is 46.5 Å². The van der Waals surface area contributed by atoms with Gasteiger partial charge in [0.2, 0.25) is 0 Å². The van der Waals surface area contributed by atoms with E-state index in [1.807, 2.05) is 37.3 Å². The predicted molar refractivity (Wildman–Crippen MR) is 110 cm³/mol. The van der Waals surface area contributed by atoms with Crippen molar-refractivity contribution in [3.8, 4) is 5.69 Å². The number of aromatic nitrogens is 3. The lowest BCUT2D eigenvalue weighted by Crippen LogP contribution is -2.17. The number of unbranched alkanes of at least 4 members (excludes halogenated alkanes) is 1. The van der Waals surface area contributed by atoms with Gasteiger partial charge in [-0.25, -0.2) is 9.97 Å². The largest absolute Gasteiger partial charge is 0.396 e. The number of aliphatic hydroxyl groups excluding tert-OH is 1. The summed E-state index contributed by atoms with van der Waals surface area (Å²) in [6.45, 7) is 2.95. The summed E-state index contributed by atoms with van der Waals surface area (Å²) < 4.78 is 2.18. The number of aryl methyl sites for hydroxylation is 1. The lowest BCUT2D eigenvalue weighted by Gasteiger charge is -2.08. The average Bonchev–Trinajstić information content (AvgIpc) is 3.07. The first-order chi connectivity index (χ1) is 13.2. The molecular formula is C20H20N4O2S. The van der Waals surface area contributed by atoms with E-state index in [4.69, 9.17) is 5.11 Å². The maximum absolute atomic E-state index is 13.1. The van der Waals surface area contributed by atoms with Gasteiger partial charge in [0, 0.05) is 25.0 Å². The van der Waals surface area contributed by atoms with Gasteiger partial charge >= 0.3 is 0 Å². The quantitative estimate of drug-likeness (QED) is 0.501. The molecule has 1 aromatic carbocycles. The SMILES string of the molecule is Cc1ccc(-n2cnc3c(sc4nccc(NCCCCO)c43)c2=O)cc1. The number of hydrogen-bond acceptors (Lipinski definition) is 6. The summed E-state index contributed by atoms with van der Waals surface area (Å²) in [5, 5.41) is 13.2. The van der Waals surface area contributed by atoms with Crippen molar-refractivity contribution in [2.75, 3.05) is 18.5 Å². The third-order valence-electron chi connectivity index (χ3n) is 4.49. The van der Waals surface area contributed by atoms with Gasteiger partial charge in [-0.2, -0.15) is 0 Å². The standard InChI is InChI=1S/C20H20N4O2S/c1-13-4-6-14(7-5-13)24-12-23-17-16-15(21-9-2-3-11-25)8-10-22-19(16)27-18(17)20(24)26/h4-8,10,12,25H,2-3,9,11H2,1H3,(H,21,22). The topological polar surface area (TPSA) is 80.0 Å². The molecule has 2 N–H and O–H groups in total. The van der Waals surface area contributed by atoms with Crippen molar-refractivity contribution in [1.82, 2.24) is 14.5 Å². The molecule has 3 heterocycles. The summed E-state index contributed by atoms with van der Waals surface area (Å²) in [5.41, 5.74) is 3.46. The Kier molecular flexibility index (Phi) is 4.87. The van der Waals surface area contributed by atoms with Gasteiger partial charge in [-0.1, -0.05) is 17.7 Å². The molecule has 0 aliphatic carbocycles. The zero-order chi connectivity index (χ0) is 18.8. The fourth-order valence-corrected chi connectivity index (χ4v) is 4.10. The molecule has 0 amide bonds. The number of fused-ring (bicyclic) bond motifs is 3. The van der Waals surface area contributed by atoms with Crippen LogP contribution in [-0.4, -0.2) is 32.8 Å². The predicted octanol–water partition coefficient (Wildman–Crippen LogP) is 3.49. The molecule has 0 aliphatic heterocycles. The van der Waals surface area contributed by atoms with Crippen molar-refractivity contribution in [2.45, 2.75) is 19.8 Å². The van der Waals surface area contributed by atoms with Crippen LogP contribution in [0.25, 0.3) is 26.1 Å². The van der Waals surface area contributed by atoms with Gasteiger partial charge in [0.05, 0.1) is 16.6 Å². The second-order valence-corrected chi connectivity index (χ2v) is 7.43. The Labute approximate surface area is 160 Å². The van der Waals surface area contributed by atoms with Crippen LogP contribution in [0, 0.1) is 6.92 Å². The van der Waals surface area contributed by atoms with Crippen molar-refractivity contribution >= 4 is 37.5 Å². The highest BCUT2D eigenvalue weighted by atomic mass is 32.1. The van der Waals surface area contributed by atoms with E-state index in [1.54, 1.807) is 17.1 Å². The van der Waals surface area contributed by atoms with Crippen molar-refractivity contribution in [2.24, 2.45) is 0 Å². The van der Waals surface area contributed by atoms with Gasteiger partial charge < -0.3 is 10.4 Å². The normalized spacial score (nSPS) is 11.3. The molecule has 0 spiro atoms. The third-order valence-corrected chi connectivity index (χ3v) is 5.57. The van der Waals surface area contributed by atoms with E-state index in [2.05, 4.69) is 15.3 Å². The maximum Gasteiger partial charge on any atom is 0.275 e. The molecule has 6 nitrogen and oxygen atoms in total. The minimum Gasteiger partial charge on any atom is -0.396 e. The summed E-state index contributed by atoms with van der Waals surface area (Å²) in [4.78, 5) is 22.9. The van der Waals surface area contributed by atoms with E-state index in [1.165, 1.54) is 11.3 Å². The molecule has 4 aromatic rings. The van der Waals surface area contributed by atoms with E-state index in [9.17, 15) is 4.79 Å². The molecule has 3 aromatic heterocycles. The van der Waals surface area contributed by atoms with Gasteiger partial charge in [-0.3, -0.25) is 9.36 Å². The summed E-state index contributed by atoms with van der Waals surface area (Å²) in [6, 6.07) is 9.70. The number of nitrogens with one attached hydrogen (secondary N) is 1. The van der Waals surface area contributed by atoms with Crippen LogP contribution >= 0.6 is 11.3 Å². The molecule has 4 rings (SSSR count). The minimum atomic E-state index is -0.0851. The maximum atomic E-state index is 13.1. The monoisotopic (exact) mass is 380 g/mol. The Bertz CT molecular complexity index is 1150. The number of aliphatic hydroxyl groups is 1. The number of thiophene rings is 1. The van der Waals surface area contributed by atoms with Crippen molar-refractivity contribution in [3.05, 3.63) is 58.8 Å². The van der Waals surface area contributed by atoms with Gasteiger partial charge in [-0.05, 0) is 38.0 Å². The minimum absolute atomic E-state index is 0.0851. The van der Waals surface area contributed by atoms with Crippen LogP contribution < -0.4 is 10.9 Å². The van der Waals surface area contributed by atoms with Gasteiger partial charge in [0.1, 0.15) is 15.9 Å². The molecule has 0 unspecified atom stereocenters. The first-order valence-electron chi connectivity index (χ1n) is 8.89. The molecule has 7 heteroatoms. The second kappa shape index (κ2) is 7.46. The van der Waals surface area contributed by atoms with E-state index >= 15 is 0 Å². The van der Waals surface area contributed by atoms with Crippen LogP contribution in [0.2, 0.25) is 0 Å². The van der Waals surface area contributed by atoms with E-state index < -0.39 is 0 Å². The van der Waals surface area contributed by atoms with Crippen LogP contribution in [0.1, 0.15) is 18.4 Å². The zero-order valence-corrected chi connectivity index (χ0v) is 15.8. The van der Waals surface area contributed by atoms with Crippen LogP contribution in [0.4, 0.5) is 5.69 Å². The van der Waals surface area contributed by atoms with E-state index in [-0.39, 0.29) is 12.2 Å². The summed E-state index contributed by atoms with van der Waals surface area (Å²) >= 11 is 1.37. The number of benzene rings is 1. The Morgan fingerprint density at radius 2 is 1.96 bits per heavy atom. The Balaban J connectivity index is 1.81. The molecule has 0 saturated heterocycles. The average molecular weight is 380 g/mol. The van der Waals surface area contributed by atoms with E-state index in [0.29, 0.717) is 10.2 Å². The number of rotatable bonds is 6. The Morgan fingerprint density at radius 1 is 1.15 bits per heavy atom. The smallest absolute Gasteiger partial charge is 0.275 e. The fraction of sp³-hybridized carbons (Fsp3) is 0.250. The molecule has 0 fully saturated rings. The first kappa shape index (κ1) is 17.6. The summed E-state index contributed by atoms with van der Waals surface area (Å²) in [5.74, 6) is 0. The highest BCUT2D eigenvalue weighted by molar-refractivity contribution is 7.25. The molecule has 0 aliphatic rings. The number of anilines is 1. The highest BCUT2D eigenvalue weighted by Gasteiger charge is 2.16. The molecule has 138 valence electrons. The zero-order valence-electron chi connectivity index (χ0n) is 15.0. The second-order valence-electron chi connectivity index (χ2n) is 6.43. The fourth-order valence-electron chi connectivity index (χ4n) is 3.05. The van der Waals surface area contributed by atoms with Crippen LogP contribution in [0.3, 0.4) is 0 Å². The Hall–Kier alpha value is -2.77. The first-order valence-corrected chi connectivity index (χ1v) is 9.71. The molecule has 0 bridgehead atoms. The van der Waals surface area contributed by atoms with Gasteiger partial charge in [0.15, 0.2) is 0 Å². The molecule has 0 radical (unpaired) electrons. The lowest BCUT2D eigenvalue weighted by molar-refractivity contribution is 0.286. The summed E-state index contributed by atoms with van der Waals surface area (Å²) in [6.07, 6.45) is 4.95. The molecule has 0 saturated carbocycles. The van der Waals surface area contributed by atoms with Crippen molar-refractivity contribution in [1.29, 1.82) is 0 Å². The number of hydrogen-bond donors (Lipinski definition) is 2. The van der Waals surface area contributed by atoms with Gasteiger partial charge in [0.25, 0.3) is 5.56 Å². The van der Waals surface area contributed by atoms with Crippen LogP contribution in [0.15, 0.2) is 47.7 Å². The van der Waals surface area contributed by atoms with Crippen molar-refractivity contribution < 1.29 is 5.11 Å². The van der Waals surface area contributed by atoms with Crippen LogP contribution in [-0.2, 0) is 0 Å².